The van der Waals surface area contributed by atoms with Crippen LogP contribution in [0.25, 0.3) is 0 Å². The second-order valence-corrected chi connectivity index (χ2v) is 12.3. The van der Waals surface area contributed by atoms with E-state index in [9.17, 15) is 18.0 Å². The molecule has 0 aliphatic rings. The zero-order valence-electron chi connectivity index (χ0n) is 21.4. The summed E-state index contributed by atoms with van der Waals surface area (Å²) in [6, 6.07) is 14.4. The lowest BCUT2D eigenvalue weighted by Gasteiger charge is -2.33. The van der Waals surface area contributed by atoms with Crippen LogP contribution in [0, 0.1) is 6.92 Å². The SMILES string of the molecule is CC[C@@H](C(=O)NC)N(Cc1ccc(Cl)cc1Cl)C(=O)CN(c1cc(Cl)ccc1Cl)S(=O)(=O)c1ccc(C)cc1. The van der Waals surface area contributed by atoms with E-state index in [1.807, 2.05) is 6.92 Å². The van der Waals surface area contributed by atoms with Gasteiger partial charge in [0, 0.05) is 28.7 Å². The summed E-state index contributed by atoms with van der Waals surface area (Å²) in [5.41, 5.74) is 1.42. The van der Waals surface area contributed by atoms with Crippen molar-refractivity contribution in [3.63, 3.8) is 0 Å². The van der Waals surface area contributed by atoms with Crippen LogP contribution in [0.15, 0.2) is 65.6 Å². The average molecular weight is 631 g/mol. The summed E-state index contributed by atoms with van der Waals surface area (Å²) >= 11 is 25.0. The summed E-state index contributed by atoms with van der Waals surface area (Å²) < 4.78 is 28.7. The van der Waals surface area contributed by atoms with Gasteiger partial charge >= 0.3 is 0 Å². The number of nitrogens with one attached hydrogen (secondary N) is 1. The minimum atomic E-state index is -4.28. The summed E-state index contributed by atoms with van der Waals surface area (Å²) in [4.78, 5) is 28.0. The van der Waals surface area contributed by atoms with E-state index >= 15 is 0 Å². The van der Waals surface area contributed by atoms with E-state index in [-0.39, 0.29) is 33.6 Å². The molecule has 3 aromatic rings. The fraction of sp³-hybridized carbons (Fsp3) is 0.259. The van der Waals surface area contributed by atoms with Gasteiger partial charge in [-0.05, 0) is 61.4 Å². The molecule has 2 amide bonds. The van der Waals surface area contributed by atoms with Crippen molar-refractivity contribution in [2.24, 2.45) is 0 Å². The maximum absolute atomic E-state index is 14.0. The van der Waals surface area contributed by atoms with Gasteiger partial charge in [0.2, 0.25) is 11.8 Å². The average Bonchev–Trinajstić information content (AvgIpc) is 2.89. The van der Waals surface area contributed by atoms with Crippen LogP contribution in [0.3, 0.4) is 0 Å². The van der Waals surface area contributed by atoms with Crippen LogP contribution < -0.4 is 9.62 Å². The van der Waals surface area contributed by atoms with Crippen molar-refractivity contribution < 1.29 is 18.0 Å². The molecule has 3 rings (SSSR count). The van der Waals surface area contributed by atoms with Crippen LogP contribution in [0.5, 0.6) is 0 Å². The van der Waals surface area contributed by atoms with Crippen LogP contribution in [0.4, 0.5) is 5.69 Å². The summed E-state index contributed by atoms with van der Waals surface area (Å²) in [5.74, 6) is -1.06. The number of amides is 2. The second-order valence-electron chi connectivity index (χ2n) is 8.72. The van der Waals surface area contributed by atoms with Gasteiger partial charge in [-0.1, -0.05) is 77.1 Å². The molecule has 0 fully saturated rings. The third-order valence-electron chi connectivity index (χ3n) is 6.05. The highest BCUT2D eigenvalue weighted by molar-refractivity contribution is 7.92. The summed E-state index contributed by atoms with van der Waals surface area (Å²) in [6.45, 7) is 2.85. The Kier molecular flexibility index (Phi) is 10.5. The van der Waals surface area contributed by atoms with Gasteiger partial charge in [0.25, 0.3) is 10.0 Å². The molecule has 7 nitrogen and oxygen atoms in total. The van der Waals surface area contributed by atoms with Crippen LogP contribution in [0.2, 0.25) is 20.1 Å². The highest BCUT2D eigenvalue weighted by Crippen LogP contribution is 2.33. The van der Waals surface area contributed by atoms with Crippen LogP contribution in [0.1, 0.15) is 24.5 Å². The third-order valence-corrected chi connectivity index (χ3v) is 8.97. The zero-order valence-corrected chi connectivity index (χ0v) is 25.3. The molecule has 0 aliphatic carbocycles. The first-order valence-corrected chi connectivity index (χ1v) is 14.8. The lowest BCUT2D eigenvalue weighted by atomic mass is 10.1. The van der Waals surface area contributed by atoms with Gasteiger partial charge in [0.15, 0.2) is 0 Å². The monoisotopic (exact) mass is 629 g/mol. The lowest BCUT2D eigenvalue weighted by Crippen LogP contribution is -2.51. The Balaban J connectivity index is 2.12. The number of hydrogen-bond acceptors (Lipinski definition) is 4. The molecule has 208 valence electrons. The molecule has 0 heterocycles. The molecule has 0 radical (unpaired) electrons. The van der Waals surface area contributed by atoms with Crippen molar-refractivity contribution in [3.8, 4) is 0 Å². The van der Waals surface area contributed by atoms with Gasteiger partial charge in [-0.15, -0.1) is 0 Å². The molecule has 0 unspecified atom stereocenters. The van der Waals surface area contributed by atoms with E-state index in [2.05, 4.69) is 5.32 Å². The normalized spacial score (nSPS) is 12.1. The predicted octanol–water partition coefficient (Wildman–Crippen LogP) is 6.36. The molecule has 0 aromatic heterocycles. The fourth-order valence-electron chi connectivity index (χ4n) is 3.95. The predicted molar refractivity (Wildman–Crippen MR) is 157 cm³/mol. The van der Waals surface area contributed by atoms with E-state index in [4.69, 9.17) is 46.4 Å². The highest BCUT2D eigenvalue weighted by Gasteiger charge is 2.34. The molecule has 1 atom stereocenters. The molecule has 0 aliphatic heterocycles. The number of rotatable bonds is 10. The first-order valence-electron chi connectivity index (χ1n) is 11.9. The summed E-state index contributed by atoms with van der Waals surface area (Å²) in [5, 5.41) is 3.58. The summed E-state index contributed by atoms with van der Waals surface area (Å²) in [6.07, 6.45) is 0.263. The molecule has 0 spiro atoms. The number of anilines is 1. The Morgan fingerprint density at radius 3 is 2.10 bits per heavy atom. The van der Waals surface area contributed by atoms with E-state index in [0.29, 0.717) is 15.6 Å². The Hall–Kier alpha value is -2.49. The van der Waals surface area contributed by atoms with Crippen molar-refractivity contribution in [1.29, 1.82) is 0 Å². The molecule has 1 N–H and O–H groups in total. The number of aryl methyl sites for hydroxylation is 1. The molecule has 0 saturated carbocycles. The largest absolute Gasteiger partial charge is 0.357 e. The molecular weight excluding hydrogens is 604 g/mol. The standard InChI is InChI=1S/C27H27Cl4N3O4S/c1-4-24(27(36)32-3)33(15-18-7-8-19(28)13-23(18)31)26(35)16-34(25-14-20(29)9-12-22(25)30)39(37,38)21-10-5-17(2)6-11-21/h5-14,24H,4,15-16H2,1-3H3,(H,32,36)/t24-/m0/s1. The minimum absolute atomic E-state index is 0.0237. The number of nitrogens with zero attached hydrogens (tertiary/aromatic N) is 2. The Morgan fingerprint density at radius 1 is 0.897 bits per heavy atom. The Bertz CT molecular complexity index is 1470. The molecule has 0 saturated heterocycles. The maximum Gasteiger partial charge on any atom is 0.264 e. The van der Waals surface area contributed by atoms with Crippen LogP contribution >= 0.6 is 46.4 Å². The Morgan fingerprint density at radius 2 is 1.51 bits per heavy atom. The van der Waals surface area contributed by atoms with Crippen molar-refractivity contribution in [3.05, 3.63) is 91.9 Å². The molecule has 12 heteroatoms. The number of carbonyl (C=O) groups excluding carboxylic acids is 2. The number of halogens is 4. The van der Waals surface area contributed by atoms with Gasteiger partial charge in [0.1, 0.15) is 12.6 Å². The molecule has 0 bridgehead atoms. The Labute approximate surface area is 248 Å². The number of carbonyl (C=O) groups is 2. The highest BCUT2D eigenvalue weighted by atomic mass is 35.5. The van der Waals surface area contributed by atoms with E-state index in [0.717, 1.165) is 9.87 Å². The van der Waals surface area contributed by atoms with E-state index in [1.54, 1.807) is 31.2 Å². The van der Waals surface area contributed by atoms with Crippen molar-refractivity contribution in [1.82, 2.24) is 10.2 Å². The smallest absolute Gasteiger partial charge is 0.264 e. The van der Waals surface area contributed by atoms with E-state index < -0.39 is 34.4 Å². The van der Waals surface area contributed by atoms with Crippen molar-refractivity contribution in [2.75, 3.05) is 17.9 Å². The lowest BCUT2D eigenvalue weighted by molar-refractivity contribution is -0.140. The van der Waals surface area contributed by atoms with Crippen molar-refractivity contribution >= 4 is 73.9 Å². The maximum atomic E-state index is 14.0. The number of sulfonamides is 1. The second kappa shape index (κ2) is 13.2. The molecule has 39 heavy (non-hydrogen) atoms. The number of hydrogen-bond donors (Lipinski definition) is 1. The fourth-order valence-corrected chi connectivity index (χ4v) is 6.28. The molecule has 3 aromatic carbocycles. The quantitative estimate of drug-likeness (QED) is 0.283. The van der Waals surface area contributed by atoms with Gasteiger partial charge < -0.3 is 10.2 Å². The minimum Gasteiger partial charge on any atom is -0.357 e. The third kappa shape index (κ3) is 7.38. The van der Waals surface area contributed by atoms with Gasteiger partial charge in [-0.25, -0.2) is 8.42 Å². The summed E-state index contributed by atoms with van der Waals surface area (Å²) in [7, 11) is -2.82. The van der Waals surface area contributed by atoms with Crippen LogP contribution in [-0.4, -0.2) is 44.8 Å². The molecular formula is C27H27Cl4N3O4S. The topological polar surface area (TPSA) is 86.8 Å². The van der Waals surface area contributed by atoms with Gasteiger partial charge in [-0.3, -0.25) is 13.9 Å². The van der Waals surface area contributed by atoms with E-state index in [1.165, 1.54) is 48.3 Å². The number of benzene rings is 3. The van der Waals surface area contributed by atoms with Crippen LogP contribution in [-0.2, 0) is 26.2 Å². The first-order chi connectivity index (χ1) is 18.4. The number of likely N-dealkylation sites (N-methyl/N-ethyl adjacent to an activating group) is 1. The van der Waals surface area contributed by atoms with Crippen molar-refractivity contribution in [2.45, 2.75) is 37.8 Å². The first kappa shape index (κ1) is 31.0. The van der Waals surface area contributed by atoms with Gasteiger partial charge in [-0.2, -0.15) is 0 Å². The van der Waals surface area contributed by atoms with Gasteiger partial charge in [0.05, 0.1) is 15.6 Å². The zero-order chi connectivity index (χ0) is 28.9.